The number of anilines is 1. The molecule has 0 aliphatic heterocycles. The van der Waals surface area contributed by atoms with Crippen molar-refractivity contribution >= 4 is 31.3 Å². The molecule has 1 N–H and O–H groups in total. The molecule has 0 aliphatic carbocycles. The zero-order chi connectivity index (χ0) is 18.2. The zero-order valence-electron chi connectivity index (χ0n) is 14.1. The molecule has 0 aromatic heterocycles. The summed E-state index contributed by atoms with van der Waals surface area (Å²) in [5.41, 5.74) is 0.365. The molecule has 6 nitrogen and oxygen atoms in total. The van der Waals surface area contributed by atoms with Gasteiger partial charge in [-0.3, -0.25) is 4.79 Å². The molecular formula is C16H25NO5S2. The van der Waals surface area contributed by atoms with E-state index in [0.29, 0.717) is 31.4 Å². The third-order valence-corrected chi connectivity index (χ3v) is 8.68. The summed E-state index contributed by atoms with van der Waals surface area (Å²) in [7, 11) is -8.18. The monoisotopic (exact) mass is 375 g/mol. The first kappa shape index (κ1) is 20.6. The van der Waals surface area contributed by atoms with E-state index >= 15 is 0 Å². The molecule has 0 heterocycles. The molecule has 136 valence electrons. The zero-order valence-corrected chi connectivity index (χ0v) is 15.7. The van der Waals surface area contributed by atoms with Gasteiger partial charge < -0.3 is 5.32 Å². The highest BCUT2D eigenvalue weighted by Crippen LogP contribution is 2.18. The minimum atomic E-state index is -4.09. The second-order valence-electron chi connectivity index (χ2n) is 5.63. The second-order valence-corrected chi connectivity index (χ2v) is 10.3. The predicted octanol–water partition coefficient (Wildman–Crippen LogP) is 2.38. The summed E-state index contributed by atoms with van der Waals surface area (Å²) in [5, 5.41) is 2.41. The highest BCUT2D eigenvalue weighted by molar-refractivity contribution is 8.10. The lowest BCUT2D eigenvalue weighted by Gasteiger charge is -2.18. The minimum Gasteiger partial charge on any atom is -0.324 e. The van der Waals surface area contributed by atoms with Crippen LogP contribution in [0.3, 0.4) is 0 Å². The first-order chi connectivity index (χ1) is 11.2. The molecule has 1 aromatic rings. The van der Waals surface area contributed by atoms with Crippen LogP contribution in [0.2, 0.25) is 0 Å². The van der Waals surface area contributed by atoms with Crippen molar-refractivity contribution < 1.29 is 21.6 Å². The molecule has 1 rings (SSSR count). The van der Waals surface area contributed by atoms with E-state index in [-0.39, 0.29) is 11.5 Å². The van der Waals surface area contributed by atoms with Crippen LogP contribution in [0.25, 0.3) is 0 Å². The summed E-state index contributed by atoms with van der Waals surface area (Å²) in [6.07, 6.45) is 1.84. The third kappa shape index (κ3) is 5.90. The second kappa shape index (κ2) is 9.17. The van der Waals surface area contributed by atoms with E-state index in [2.05, 4.69) is 5.32 Å². The molecule has 1 amide bonds. The number of carbonyl (C=O) groups excluding carboxylic acids is 1. The molecule has 1 aromatic carbocycles. The largest absolute Gasteiger partial charge is 0.324 e. The van der Waals surface area contributed by atoms with Crippen LogP contribution in [0.5, 0.6) is 0 Å². The van der Waals surface area contributed by atoms with Crippen molar-refractivity contribution in [1.29, 1.82) is 0 Å². The van der Waals surface area contributed by atoms with E-state index in [4.69, 9.17) is 0 Å². The summed E-state index contributed by atoms with van der Waals surface area (Å²) in [6, 6.07) is 8.23. The van der Waals surface area contributed by atoms with Crippen molar-refractivity contribution in [3.05, 3.63) is 30.3 Å². The first-order valence-corrected chi connectivity index (χ1v) is 11.5. The summed E-state index contributed by atoms with van der Waals surface area (Å²) < 4.78 is 47.9. The predicted molar refractivity (Wildman–Crippen MR) is 96.2 cm³/mol. The van der Waals surface area contributed by atoms with Gasteiger partial charge in [0, 0.05) is 5.69 Å². The Morgan fingerprint density at radius 1 is 0.917 bits per heavy atom. The number of hydrogen-bond donors (Lipinski definition) is 1. The van der Waals surface area contributed by atoms with Crippen LogP contribution in [0.15, 0.2) is 30.3 Å². The number of hydrogen-bond acceptors (Lipinski definition) is 5. The lowest BCUT2D eigenvalue weighted by Crippen LogP contribution is -2.43. The van der Waals surface area contributed by atoms with Crippen molar-refractivity contribution in [2.24, 2.45) is 0 Å². The maximum Gasteiger partial charge on any atom is 0.258 e. The van der Waals surface area contributed by atoms with Crippen molar-refractivity contribution in [2.75, 3.05) is 16.8 Å². The number of rotatable bonds is 10. The fraction of sp³-hybridized carbons (Fsp3) is 0.562. The lowest BCUT2D eigenvalue weighted by atomic mass is 10.3. The van der Waals surface area contributed by atoms with Crippen LogP contribution in [-0.4, -0.2) is 38.8 Å². The Bertz CT molecular complexity index is 689. The molecular weight excluding hydrogens is 350 g/mol. The maximum atomic E-state index is 12.5. The fourth-order valence-electron chi connectivity index (χ4n) is 2.18. The van der Waals surface area contributed by atoms with Crippen LogP contribution >= 0.6 is 0 Å². The number of unbranched alkanes of at least 4 members (excludes halogenated alkanes) is 2. The lowest BCUT2D eigenvalue weighted by molar-refractivity contribution is -0.114. The van der Waals surface area contributed by atoms with E-state index in [1.807, 2.05) is 0 Å². The summed E-state index contributed by atoms with van der Waals surface area (Å²) in [5.74, 6) is -1.64. The van der Waals surface area contributed by atoms with Gasteiger partial charge in [0.15, 0.2) is 19.7 Å². The quantitative estimate of drug-likeness (QED) is 0.677. The van der Waals surface area contributed by atoms with Crippen LogP contribution in [0.1, 0.15) is 39.5 Å². The van der Waals surface area contributed by atoms with Gasteiger partial charge in [0.1, 0.15) is 0 Å². The van der Waals surface area contributed by atoms with Crippen LogP contribution in [0, 0.1) is 0 Å². The average Bonchev–Trinajstić information content (AvgIpc) is 2.51. The number of carbonyl (C=O) groups is 1. The smallest absolute Gasteiger partial charge is 0.258 e. The van der Waals surface area contributed by atoms with E-state index in [1.165, 1.54) is 0 Å². The van der Waals surface area contributed by atoms with Gasteiger partial charge in [-0.1, -0.05) is 44.9 Å². The van der Waals surface area contributed by atoms with Crippen LogP contribution in [0.4, 0.5) is 5.69 Å². The van der Waals surface area contributed by atoms with Crippen LogP contribution in [-0.2, 0) is 24.5 Å². The van der Waals surface area contributed by atoms with Crippen molar-refractivity contribution in [1.82, 2.24) is 0 Å². The highest BCUT2D eigenvalue weighted by Gasteiger charge is 2.42. The van der Waals surface area contributed by atoms with E-state index in [0.717, 1.165) is 0 Å². The molecule has 0 unspecified atom stereocenters. The SMILES string of the molecule is CCCCS(=O)(=O)C(C(=O)Nc1ccccc1)S(=O)(=O)CCCC. The molecule has 0 saturated heterocycles. The van der Waals surface area contributed by atoms with Gasteiger partial charge in [0.05, 0.1) is 11.5 Å². The summed E-state index contributed by atoms with van der Waals surface area (Å²) >= 11 is 0. The van der Waals surface area contributed by atoms with Crippen molar-refractivity contribution in [2.45, 2.75) is 44.1 Å². The molecule has 0 bridgehead atoms. The molecule has 0 radical (unpaired) electrons. The van der Waals surface area contributed by atoms with Gasteiger partial charge in [-0.15, -0.1) is 0 Å². The standard InChI is InChI=1S/C16H25NO5S2/c1-3-5-12-23(19,20)16(24(21,22)13-6-4-2)15(18)17-14-10-8-7-9-11-14/h7-11,16H,3-6,12-13H2,1-2H3,(H,17,18). The number of sulfone groups is 2. The first-order valence-electron chi connectivity index (χ1n) is 8.03. The highest BCUT2D eigenvalue weighted by atomic mass is 32.3. The molecule has 8 heteroatoms. The Morgan fingerprint density at radius 3 is 1.79 bits per heavy atom. The average molecular weight is 376 g/mol. The van der Waals surface area contributed by atoms with Gasteiger partial charge in [-0.2, -0.15) is 0 Å². The van der Waals surface area contributed by atoms with Gasteiger partial charge in [0.2, 0.25) is 4.58 Å². The normalized spacial score (nSPS) is 12.3. The van der Waals surface area contributed by atoms with E-state index < -0.39 is 30.2 Å². The Balaban J connectivity index is 3.15. The third-order valence-electron chi connectivity index (χ3n) is 3.47. The Morgan fingerprint density at radius 2 is 1.38 bits per heavy atom. The van der Waals surface area contributed by atoms with Crippen LogP contribution < -0.4 is 5.32 Å². The van der Waals surface area contributed by atoms with Crippen molar-refractivity contribution in [3.63, 3.8) is 0 Å². The summed E-state index contributed by atoms with van der Waals surface area (Å²) in [4.78, 5) is 12.5. The van der Waals surface area contributed by atoms with Gasteiger partial charge in [0.25, 0.3) is 5.91 Å². The van der Waals surface area contributed by atoms with E-state index in [9.17, 15) is 21.6 Å². The Hall–Kier alpha value is -1.41. The van der Waals surface area contributed by atoms with Gasteiger partial charge >= 0.3 is 0 Å². The molecule has 0 atom stereocenters. The number of amides is 1. The Labute approximate surface area is 144 Å². The van der Waals surface area contributed by atoms with Crippen molar-refractivity contribution in [3.8, 4) is 0 Å². The number of para-hydroxylation sites is 1. The fourth-order valence-corrected chi connectivity index (χ4v) is 7.12. The molecule has 0 fully saturated rings. The van der Waals surface area contributed by atoms with Gasteiger partial charge in [-0.25, -0.2) is 16.8 Å². The maximum absolute atomic E-state index is 12.5. The number of nitrogens with one attached hydrogen (secondary N) is 1. The minimum absolute atomic E-state index is 0.318. The topological polar surface area (TPSA) is 97.4 Å². The van der Waals surface area contributed by atoms with Gasteiger partial charge in [-0.05, 0) is 25.0 Å². The Kier molecular flexibility index (Phi) is 7.89. The summed E-state index contributed by atoms with van der Waals surface area (Å²) in [6.45, 7) is 3.61. The van der Waals surface area contributed by atoms with E-state index in [1.54, 1.807) is 44.2 Å². The number of benzene rings is 1. The molecule has 24 heavy (non-hydrogen) atoms. The molecule has 0 saturated carbocycles. The molecule has 0 aliphatic rings. The molecule has 0 spiro atoms.